The smallest absolute Gasteiger partial charge is 0.225 e. The molecule has 16 heavy (non-hydrogen) atoms. The molecule has 1 aromatic rings. The average Bonchev–Trinajstić information content (AvgIpc) is 2.62. The van der Waals surface area contributed by atoms with Crippen LogP contribution >= 0.6 is 15.9 Å². The average molecular weight is 285 g/mol. The van der Waals surface area contributed by atoms with E-state index in [-0.39, 0.29) is 0 Å². The summed E-state index contributed by atoms with van der Waals surface area (Å²) >= 11 is 3.35. The number of hydrogen-bond acceptors (Lipinski definition) is 4. The van der Waals surface area contributed by atoms with E-state index in [2.05, 4.69) is 43.0 Å². The minimum absolute atomic E-state index is 0.338. The van der Waals surface area contributed by atoms with E-state index < -0.39 is 0 Å². The van der Waals surface area contributed by atoms with Crippen molar-refractivity contribution < 1.29 is 0 Å². The second kappa shape index (κ2) is 4.67. The van der Waals surface area contributed by atoms with Crippen LogP contribution in [0.1, 0.15) is 13.3 Å². The van der Waals surface area contributed by atoms with Crippen molar-refractivity contribution in [3.05, 3.63) is 16.9 Å². The van der Waals surface area contributed by atoms with Crippen LogP contribution in [0.5, 0.6) is 0 Å². The maximum Gasteiger partial charge on any atom is 0.225 e. The highest BCUT2D eigenvalue weighted by Gasteiger charge is 2.34. The molecule has 0 amide bonds. The number of rotatable bonds is 3. The van der Waals surface area contributed by atoms with Gasteiger partial charge >= 0.3 is 0 Å². The molecule has 1 aromatic heterocycles. The minimum atomic E-state index is 0.338. The monoisotopic (exact) mass is 284 g/mol. The first-order chi connectivity index (χ1) is 7.63. The van der Waals surface area contributed by atoms with Crippen LogP contribution in [0.15, 0.2) is 16.9 Å². The summed E-state index contributed by atoms with van der Waals surface area (Å²) in [5.41, 5.74) is 0.338. The second-order valence-corrected chi connectivity index (χ2v) is 5.63. The van der Waals surface area contributed by atoms with E-state index >= 15 is 0 Å². The summed E-state index contributed by atoms with van der Waals surface area (Å²) in [5, 5.41) is 3.26. The number of halogens is 1. The van der Waals surface area contributed by atoms with Gasteiger partial charge in [-0.3, -0.25) is 0 Å². The van der Waals surface area contributed by atoms with Crippen molar-refractivity contribution in [1.29, 1.82) is 0 Å². The first-order valence-corrected chi connectivity index (χ1v) is 6.29. The van der Waals surface area contributed by atoms with Crippen molar-refractivity contribution in [2.75, 3.05) is 31.6 Å². The molecule has 0 bridgehead atoms. The third-order valence-electron chi connectivity index (χ3n) is 3.05. The molecule has 1 saturated heterocycles. The molecule has 2 rings (SSSR count). The lowest BCUT2D eigenvalue weighted by Crippen LogP contribution is -2.33. The van der Waals surface area contributed by atoms with Gasteiger partial charge in [0.15, 0.2) is 0 Å². The molecule has 1 atom stereocenters. The van der Waals surface area contributed by atoms with Crippen molar-refractivity contribution in [3.8, 4) is 0 Å². The molecular weight excluding hydrogens is 268 g/mol. The van der Waals surface area contributed by atoms with Crippen LogP contribution in [-0.4, -0.2) is 36.6 Å². The Bertz CT molecular complexity index is 354. The highest BCUT2D eigenvalue weighted by atomic mass is 79.9. The summed E-state index contributed by atoms with van der Waals surface area (Å²) in [6, 6.07) is 0. The van der Waals surface area contributed by atoms with Crippen molar-refractivity contribution in [2.45, 2.75) is 13.3 Å². The van der Waals surface area contributed by atoms with Crippen LogP contribution in [0.2, 0.25) is 0 Å². The van der Waals surface area contributed by atoms with Gasteiger partial charge in [-0.2, -0.15) is 0 Å². The molecule has 88 valence electrons. The van der Waals surface area contributed by atoms with Gasteiger partial charge < -0.3 is 10.2 Å². The van der Waals surface area contributed by atoms with Gasteiger partial charge in [0.1, 0.15) is 0 Å². The Morgan fingerprint density at radius 3 is 2.81 bits per heavy atom. The van der Waals surface area contributed by atoms with Gasteiger partial charge in [-0.25, -0.2) is 9.97 Å². The summed E-state index contributed by atoms with van der Waals surface area (Å²) < 4.78 is 0.924. The van der Waals surface area contributed by atoms with E-state index in [9.17, 15) is 0 Å². The first kappa shape index (κ1) is 11.8. The predicted molar refractivity (Wildman–Crippen MR) is 68.6 cm³/mol. The highest BCUT2D eigenvalue weighted by molar-refractivity contribution is 9.10. The molecular formula is C11H17BrN4. The molecule has 1 fully saturated rings. The third kappa shape index (κ3) is 2.52. The Labute approximate surface area is 105 Å². The van der Waals surface area contributed by atoms with E-state index in [1.807, 2.05) is 7.05 Å². The standard InChI is InChI=1S/C11H17BrN4/c1-11(7-13-2)3-4-16(8-11)10-14-5-9(12)6-15-10/h5-6,13H,3-4,7-8H2,1-2H3. The Balaban J connectivity index is 2.06. The number of aromatic nitrogens is 2. The summed E-state index contributed by atoms with van der Waals surface area (Å²) in [5.74, 6) is 0.836. The van der Waals surface area contributed by atoms with Crippen LogP contribution in [-0.2, 0) is 0 Å². The highest BCUT2D eigenvalue weighted by Crippen LogP contribution is 2.30. The zero-order chi connectivity index (χ0) is 11.6. The zero-order valence-corrected chi connectivity index (χ0v) is 11.3. The van der Waals surface area contributed by atoms with E-state index in [0.29, 0.717) is 5.41 Å². The lowest BCUT2D eigenvalue weighted by molar-refractivity contribution is 0.355. The fraction of sp³-hybridized carbons (Fsp3) is 0.636. The van der Waals surface area contributed by atoms with Crippen molar-refractivity contribution in [1.82, 2.24) is 15.3 Å². The molecule has 4 nitrogen and oxygen atoms in total. The quantitative estimate of drug-likeness (QED) is 0.917. The molecule has 1 N–H and O–H groups in total. The van der Waals surface area contributed by atoms with E-state index in [1.165, 1.54) is 6.42 Å². The molecule has 1 aliphatic heterocycles. The van der Waals surface area contributed by atoms with Crippen molar-refractivity contribution in [3.63, 3.8) is 0 Å². The van der Waals surface area contributed by atoms with Crippen LogP contribution < -0.4 is 10.2 Å². The van der Waals surface area contributed by atoms with Crippen molar-refractivity contribution in [2.24, 2.45) is 5.41 Å². The van der Waals surface area contributed by atoms with Gasteiger partial charge in [0.25, 0.3) is 0 Å². The van der Waals surface area contributed by atoms with Crippen LogP contribution in [0.25, 0.3) is 0 Å². The number of nitrogens with zero attached hydrogens (tertiary/aromatic N) is 3. The van der Waals surface area contributed by atoms with Gasteiger partial charge in [-0.05, 0) is 34.8 Å². The van der Waals surface area contributed by atoms with E-state index in [1.54, 1.807) is 12.4 Å². The number of nitrogens with one attached hydrogen (secondary N) is 1. The maximum atomic E-state index is 4.33. The summed E-state index contributed by atoms with van der Waals surface area (Å²) in [4.78, 5) is 10.9. The Morgan fingerprint density at radius 1 is 1.50 bits per heavy atom. The number of hydrogen-bond donors (Lipinski definition) is 1. The minimum Gasteiger partial charge on any atom is -0.340 e. The molecule has 1 unspecified atom stereocenters. The Hall–Kier alpha value is -0.680. The fourth-order valence-electron chi connectivity index (χ4n) is 2.23. The molecule has 5 heteroatoms. The largest absolute Gasteiger partial charge is 0.340 e. The number of anilines is 1. The van der Waals surface area contributed by atoms with Crippen LogP contribution in [0, 0.1) is 5.41 Å². The van der Waals surface area contributed by atoms with E-state index in [4.69, 9.17) is 0 Å². The maximum absolute atomic E-state index is 4.33. The molecule has 0 spiro atoms. The summed E-state index contributed by atoms with van der Waals surface area (Å²) in [6.07, 6.45) is 4.79. The summed E-state index contributed by atoms with van der Waals surface area (Å²) in [7, 11) is 2.00. The fourth-order valence-corrected chi connectivity index (χ4v) is 2.44. The van der Waals surface area contributed by atoms with Gasteiger partial charge in [0.05, 0.1) is 4.47 Å². The molecule has 0 aliphatic carbocycles. The van der Waals surface area contributed by atoms with Gasteiger partial charge in [-0.1, -0.05) is 6.92 Å². The molecule has 0 saturated carbocycles. The second-order valence-electron chi connectivity index (χ2n) is 4.71. The van der Waals surface area contributed by atoms with Crippen molar-refractivity contribution >= 4 is 21.9 Å². The Morgan fingerprint density at radius 2 is 2.19 bits per heavy atom. The normalized spacial score (nSPS) is 25.1. The molecule has 2 heterocycles. The third-order valence-corrected chi connectivity index (χ3v) is 3.46. The van der Waals surface area contributed by atoms with Crippen LogP contribution in [0.3, 0.4) is 0 Å². The lowest BCUT2D eigenvalue weighted by Gasteiger charge is -2.24. The van der Waals surface area contributed by atoms with Gasteiger partial charge in [0.2, 0.25) is 5.95 Å². The molecule has 0 aromatic carbocycles. The van der Waals surface area contributed by atoms with Crippen LogP contribution in [0.4, 0.5) is 5.95 Å². The van der Waals surface area contributed by atoms with Gasteiger partial charge in [0, 0.05) is 32.0 Å². The molecule has 0 radical (unpaired) electrons. The predicted octanol–water partition coefficient (Wildman–Crippen LogP) is 1.67. The zero-order valence-electron chi connectivity index (χ0n) is 9.70. The Kier molecular flexibility index (Phi) is 3.44. The van der Waals surface area contributed by atoms with Gasteiger partial charge in [-0.15, -0.1) is 0 Å². The SMILES string of the molecule is CNCC1(C)CCN(c2ncc(Br)cn2)C1. The summed E-state index contributed by atoms with van der Waals surface area (Å²) in [6.45, 7) is 5.41. The molecule has 1 aliphatic rings. The first-order valence-electron chi connectivity index (χ1n) is 5.50. The topological polar surface area (TPSA) is 41.0 Å². The lowest BCUT2D eigenvalue weighted by atomic mass is 9.90. The van der Waals surface area contributed by atoms with E-state index in [0.717, 1.165) is 30.1 Å².